The van der Waals surface area contributed by atoms with Gasteiger partial charge in [0.1, 0.15) is 12.1 Å². The number of hydrogen-bond acceptors (Lipinski definition) is 7. The van der Waals surface area contributed by atoms with Gasteiger partial charge in [-0.1, -0.05) is 6.07 Å². The number of nitro benzene ring substituents is 1. The van der Waals surface area contributed by atoms with Crippen LogP contribution in [0.5, 0.6) is 0 Å². The summed E-state index contributed by atoms with van der Waals surface area (Å²) in [5.74, 6) is -2.42. The molecule has 2 aliphatic heterocycles. The summed E-state index contributed by atoms with van der Waals surface area (Å²) in [4.78, 5) is 48.6. The first kappa shape index (κ1) is 21.6. The molecule has 2 heterocycles. The summed E-state index contributed by atoms with van der Waals surface area (Å²) in [6.45, 7) is 0.301. The molecule has 1 N–H and O–H groups in total. The van der Waals surface area contributed by atoms with Crippen LogP contribution in [0, 0.1) is 10.1 Å². The molecule has 0 radical (unpaired) electrons. The third-order valence-corrected chi connectivity index (χ3v) is 7.23. The maximum absolute atomic E-state index is 12.6. The van der Waals surface area contributed by atoms with Gasteiger partial charge in [-0.25, -0.2) is 8.42 Å². The van der Waals surface area contributed by atoms with Crippen LogP contribution in [0.2, 0.25) is 0 Å². The highest BCUT2D eigenvalue weighted by Crippen LogP contribution is 2.30. The minimum Gasteiger partial charge on any atom is -0.325 e. The van der Waals surface area contributed by atoms with Crippen molar-refractivity contribution >= 4 is 39.1 Å². The molecule has 0 unspecified atom stereocenters. The topological polar surface area (TPSA) is 147 Å². The van der Waals surface area contributed by atoms with Crippen LogP contribution in [0.25, 0.3) is 0 Å². The SMILES string of the molecule is O=C(CN1C(=O)c2cccc([N+](=O)[O-])c2C1=O)Nc1ccc(S(=O)(=O)N2CCCC2)cc1. The lowest BCUT2D eigenvalue weighted by molar-refractivity contribution is -0.385. The molecule has 0 aliphatic carbocycles. The van der Waals surface area contributed by atoms with E-state index in [0.717, 1.165) is 18.9 Å². The van der Waals surface area contributed by atoms with E-state index < -0.39 is 44.9 Å². The lowest BCUT2D eigenvalue weighted by Gasteiger charge is -2.16. The molecule has 2 aromatic rings. The summed E-state index contributed by atoms with van der Waals surface area (Å²) in [6, 6.07) is 9.26. The van der Waals surface area contributed by atoms with Gasteiger partial charge >= 0.3 is 0 Å². The maximum atomic E-state index is 12.6. The zero-order chi connectivity index (χ0) is 23.0. The van der Waals surface area contributed by atoms with Crippen LogP contribution in [0.3, 0.4) is 0 Å². The quantitative estimate of drug-likeness (QED) is 0.393. The Morgan fingerprint density at radius 2 is 1.69 bits per heavy atom. The van der Waals surface area contributed by atoms with Gasteiger partial charge in [-0.3, -0.25) is 29.4 Å². The van der Waals surface area contributed by atoms with Crippen molar-refractivity contribution in [3.63, 3.8) is 0 Å². The molecule has 3 amide bonds. The predicted molar refractivity (Wildman–Crippen MR) is 112 cm³/mol. The Balaban J connectivity index is 1.45. The molecule has 1 fully saturated rings. The van der Waals surface area contributed by atoms with Gasteiger partial charge in [-0.2, -0.15) is 4.31 Å². The largest absolute Gasteiger partial charge is 0.325 e. The molecule has 0 bridgehead atoms. The Hall–Kier alpha value is -3.64. The Labute approximate surface area is 182 Å². The first-order chi connectivity index (χ1) is 15.2. The Bertz CT molecular complexity index is 1240. The summed E-state index contributed by atoms with van der Waals surface area (Å²) in [5, 5.41) is 13.7. The van der Waals surface area contributed by atoms with Gasteiger partial charge in [0, 0.05) is 24.8 Å². The molecular weight excluding hydrogens is 440 g/mol. The average Bonchev–Trinajstić information content (AvgIpc) is 3.39. The monoisotopic (exact) mass is 458 g/mol. The second kappa shape index (κ2) is 8.13. The highest BCUT2D eigenvalue weighted by molar-refractivity contribution is 7.89. The van der Waals surface area contributed by atoms with Crippen LogP contribution in [0.1, 0.15) is 33.6 Å². The average molecular weight is 458 g/mol. The molecule has 2 aromatic carbocycles. The van der Waals surface area contributed by atoms with Crippen molar-refractivity contribution in [1.29, 1.82) is 0 Å². The number of imide groups is 1. The third kappa shape index (κ3) is 3.74. The van der Waals surface area contributed by atoms with E-state index in [9.17, 15) is 32.9 Å². The number of sulfonamides is 1. The zero-order valence-electron chi connectivity index (χ0n) is 16.7. The van der Waals surface area contributed by atoms with E-state index in [1.165, 1.54) is 40.7 Å². The maximum Gasteiger partial charge on any atom is 0.282 e. The molecule has 0 spiro atoms. The highest BCUT2D eigenvalue weighted by atomic mass is 32.2. The van der Waals surface area contributed by atoms with Crippen molar-refractivity contribution in [2.24, 2.45) is 0 Å². The van der Waals surface area contributed by atoms with E-state index in [4.69, 9.17) is 0 Å². The number of anilines is 1. The van der Waals surface area contributed by atoms with Crippen LogP contribution in [-0.2, 0) is 14.8 Å². The first-order valence-electron chi connectivity index (χ1n) is 9.74. The van der Waals surface area contributed by atoms with Crippen molar-refractivity contribution < 1.29 is 27.7 Å². The number of carbonyl (C=O) groups is 3. The molecule has 0 aromatic heterocycles. The normalized spacial score (nSPS) is 16.3. The number of nitrogens with one attached hydrogen (secondary N) is 1. The lowest BCUT2D eigenvalue weighted by atomic mass is 10.1. The molecule has 0 saturated carbocycles. The van der Waals surface area contributed by atoms with E-state index >= 15 is 0 Å². The molecule has 166 valence electrons. The van der Waals surface area contributed by atoms with Crippen LogP contribution in [-0.4, -0.2) is 59.9 Å². The van der Waals surface area contributed by atoms with E-state index in [1.54, 1.807) is 0 Å². The molecule has 32 heavy (non-hydrogen) atoms. The zero-order valence-corrected chi connectivity index (χ0v) is 17.5. The number of carbonyl (C=O) groups excluding carboxylic acids is 3. The number of hydrogen-bond donors (Lipinski definition) is 1. The molecule has 2 aliphatic rings. The fraction of sp³-hybridized carbons (Fsp3) is 0.250. The van der Waals surface area contributed by atoms with Crippen LogP contribution in [0.15, 0.2) is 47.4 Å². The lowest BCUT2D eigenvalue weighted by Crippen LogP contribution is -2.37. The summed E-state index contributed by atoms with van der Waals surface area (Å²) in [5.41, 5.74) is -0.697. The summed E-state index contributed by atoms with van der Waals surface area (Å²) in [7, 11) is -3.59. The van der Waals surface area contributed by atoms with Crippen LogP contribution in [0.4, 0.5) is 11.4 Å². The second-order valence-electron chi connectivity index (χ2n) is 7.34. The van der Waals surface area contributed by atoms with E-state index in [0.29, 0.717) is 18.0 Å². The van der Waals surface area contributed by atoms with E-state index in [2.05, 4.69) is 5.32 Å². The Kier molecular flexibility index (Phi) is 5.48. The summed E-state index contributed by atoms with van der Waals surface area (Å²) in [6.07, 6.45) is 1.63. The molecule has 1 saturated heterocycles. The molecule has 11 nitrogen and oxygen atoms in total. The van der Waals surface area contributed by atoms with Crippen molar-refractivity contribution in [2.75, 3.05) is 25.0 Å². The van der Waals surface area contributed by atoms with Gasteiger partial charge in [-0.05, 0) is 43.2 Å². The number of nitrogens with zero attached hydrogens (tertiary/aromatic N) is 3. The summed E-state index contributed by atoms with van der Waals surface area (Å²) >= 11 is 0. The van der Waals surface area contributed by atoms with Gasteiger partial charge < -0.3 is 5.32 Å². The van der Waals surface area contributed by atoms with Gasteiger partial charge in [-0.15, -0.1) is 0 Å². The van der Waals surface area contributed by atoms with Gasteiger partial charge in [0.2, 0.25) is 15.9 Å². The second-order valence-corrected chi connectivity index (χ2v) is 9.27. The molecular formula is C20H18N4O7S. The standard InChI is InChI=1S/C20H18N4O7S/c25-17(12-23-19(26)15-4-3-5-16(24(28)29)18(15)20(23)27)21-13-6-8-14(9-7-13)32(30,31)22-10-1-2-11-22/h3-9H,1-2,10-12H2,(H,21,25). The molecule has 12 heteroatoms. The fourth-order valence-electron chi connectivity index (χ4n) is 3.74. The Morgan fingerprint density at radius 3 is 2.31 bits per heavy atom. The van der Waals surface area contributed by atoms with Crippen LogP contribution < -0.4 is 5.32 Å². The van der Waals surface area contributed by atoms with E-state index in [1.807, 2.05) is 0 Å². The van der Waals surface area contributed by atoms with Crippen LogP contribution >= 0.6 is 0 Å². The number of benzene rings is 2. The number of rotatable bonds is 6. The smallest absolute Gasteiger partial charge is 0.282 e. The Morgan fingerprint density at radius 1 is 1.03 bits per heavy atom. The minimum atomic E-state index is -3.59. The van der Waals surface area contributed by atoms with Gasteiger partial charge in [0.15, 0.2) is 0 Å². The third-order valence-electron chi connectivity index (χ3n) is 5.32. The van der Waals surface area contributed by atoms with Gasteiger partial charge in [0.05, 0.1) is 15.4 Å². The summed E-state index contributed by atoms with van der Waals surface area (Å²) < 4.78 is 26.5. The minimum absolute atomic E-state index is 0.102. The number of amides is 3. The molecule has 0 atom stereocenters. The highest BCUT2D eigenvalue weighted by Gasteiger charge is 2.41. The van der Waals surface area contributed by atoms with Crippen molar-refractivity contribution in [3.8, 4) is 0 Å². The predicted octanol–water partition coefficient (Wildman–Crippen LogP) is 1.61. The van der Waals surface area contributed by atoms with Crippen molar-refractivity contribution in [1.82, 2.24) is 9.21 Å². The fourth-order valence-corrected chi connectivity index (χ4v) is 5.26. The number of nitro groups is 1. The first-order valence-corrected chi connectivity index (χ1v) is 11.2. The van der Waals surface area contributed by atoms with Crippen molar-refractivity contribution in [3.05, 3.63) is 63.7 Å². The number of fused-ring (bicyclic) bond motifs is 1. The van der Waals surface area contributed by atoms with E-state index in [-0.39, 0.29) is 21.7 Å². The van der Waals surface area contributed by atoms with Gasteiger partial charge in [0.25, 0.3) is 17.5 Å². The molecule has 4 rings (SSSR count). The van der Waals surface area contributed by atoms with Crippen molar-refractivity contribution in [2.45, 2.75) is 17.7 Å².